The number of carbonyl (C=O) groups excluding carboxylic acids is 2. The maximum atomic E-state index is 13.7. The van der Waals surface area contributed by atoms with Crippen LogP contribution in [-0.2, 0) is 11.2 Å². The van der Waals surface area contributed by atoms with E-state index < -0.39 is 17.5 Å². The minimum atomic E-state index is -0.947. The van der Waals surface area contributed by atoms with Crippen LogP contribution in [0.25, 0.3) is 11.1 Å². The van der Waals surface area contributed by atoms with Crippen molar-refractivity contribution in [1.82, 2.24) is 4.57 Å². The van der Waals surface area contributed by atoms with Gasteiger partial charge in [0.15, 0.2) is 5.78 Å². The van der Waals surface area contributed by atoms with Gasteiger partial charge in [0.2, 0.25) is 5.91 Å². The molecule has 0 fully saturated rings. The number of halogens is 1. The van der Waals surface area contributed by atoms with E-state index in [0.717, 1.165) is 11.8 Å². The lowest BCUT2D eigenvalue weighted by Gasteiger charge is -2.22. The Kier molecular flexibility index (Phi) is 8.81. The van der Waals surface area contributed by atoms with Gasteiger partial charge in [0.25, 0.3) is 5.56 Å². The second-order valence-corrected chi connectivity index (χ2v) is 9.59. The molecule has 0 aliphatic rings. The van der Waals surface area contributed by atoms with E-state index in [1.807, 2.05) is 30.3 Å². The average molecular weight is 557 g/mol. The predicted octanol–water partition coefficient (Wildman–Crippen LogP) is 5.77. The number of benzene rings is 3. The smallest absolute Gasteiger partial charge is 0.252 e. The van der Waals surface area contributed by atoms with E-state index in [1.165, 1.54) is 23.9 Å². The highest BCUT2D eigenvalue weighted by molar-refractivity contribution is 6.31. The van der Waals surface area contributed by atoms with Gasteiger partial charge in [-0.05, 0) is 47.5 Å². The Morgan fingerprint density at radius 3 is 2.48 bits per heavy atom. The number of ether oxygens (including phenoxy) is 1. The molecule has 4 rings (SSSR count). The Balaban J connectivity index is 1.81. The summed E-state index contributed by atoms with van der Waals surface area (Å²) in [4.78, 5) is 39.9. The van der Waals surface area contributed by atoms with Crippen LogP contribution < -0.4 is 21.3 Å². The minimum Gasteiger partial charge on any atom is -0.495 e. The van der Waals surface area contributed by atoms with Crippen molar-refractivity contribution in [2.24, 2.45) is 0 Å². The number of nitrogen functional groups attached to an aromatic ring is 1. The number of amides is 1. The summed E-state index contributed by atoms with van der Waals surface area (Å²) in [5, 5.41) is 10.7. The molecule has 0 aliphatic carbocycles. The number of anilines is 2. The molecule has 1 unspecified atom stereocenters. The highest BCUT2D eigenvalue weighted by Crippen LogP contribution is 2.34. The van der Waals surface area contributed by atoms with Gasteiger partial charge < -0.3 is 21.2 Å². The van der Waals surface area contributed by atoms with E-state index in [2.05, 4.69) is 5.32 Å². The van der Waals surface area contributed by atoms with Crippen LogP contribution in [0.15, 0.2) is 83.8 Å². The number of nitrogens with one attached hydrogen (secondary N) is 2. The number of carbonyl (C=O) groups is 2. The molecule has 0 saturated heterocycles. The summed E-state index contributed by atoms with van der Waals surface area (Å²) in [6, 6.07) is 19.5. The molecule has 0 bridgehead atoms. The molecular formula is C31H29ClN4O4. The summed E-state index contributed by atoms with van der Waals surface area (Å²) in [7, 11) is 1.46. The Bertz CT molecular complexity index is 1630. The molecule has 1 heterocycles. The number of nitrogens with two attached hydrogens (primary N) is 1. The van der Waals surface area contributed by atoms with Crippen molar-refractivity contribution in [2.75, 3.05) is 18.2 Å². The second-order valence-electron chi connectivity index (χ2n) is 9.15. The molecule has 0 spiro atoms. The lowest BCUT2D eigenvalue weighted by molar-refractivity contribution is -0.119. The summed E-state index contributed by atoms with van der Waals surface area (Å²) in [6.45, 7) is 1.76. The summed E-state index contributed by atoms with van der Waals surface area (Å²) in [5.41, 5.74) is 8.99. The number of rotatable bonds is 10. The van der Waals surface area contributed by atoms with Gasteiger partial charge >= 0.3 is 0 Å². The molecule has 4 aromatic rings. The Morgan fingerprint density at radius 2 is 1.82 bits per heavy atom. The quantitative estimate of drug-likeness (QED) is 0.130. The fraction of sp³-hybridized carbons (Fsp3) is 0.161. The standard InChI is InChI=1S/C31H29ClN4O4/c1-3-28(37)23-12-10-21(32)14-24(23)25-16-30(38)36(18-29(25)40-2)27(13-19-7-5-4-6-8-19)31(39)35-22-11-9-20(17-33)26(34)15-22/h4-12,14-18,27,33H,3,13,34H2,1-2H3,(H,35,39). The van der Waals surface area contributed by atoms with Gasteiger partial charge in [0.1, 0.15) is 11.8 Å². The van der Waals surface area contributed by atoms with Crippen molar-refractivity contribution in [1.29, 1.82) is 5.41 Å². The largest absolute Gasteiger partial charge is 0.495 e. The molecular weight excluding hydrogens is 528 g/mol. The Morgan fingerprint density at radius 1 is 1.07 bits per heavy atom. The highest BCUT2D eigenvalue weighted by Gasteiger charge is 2.25. The molecule has 8 nitrogen and oxygen atoms in total. The number of Topliss-reactive ketones (excluding diaryl/α,β-unsaturated/α-hetero) is 1. The molecule has 1 aromatic heterocycles. The lowest BCUT2D eigenvalue weighted by Crippen LogP contribution is -2.34. The molecule has 4 N–H and O–H groups in total. The first-order valence-corrected chi connectivity index (χ1v) is 13.0. The molecule has 0 saturated carbocycles. The van der Waals surface area contributed by atoms with Gasteiger partial charge in [0, 0.05) is 58.2 Å². The molecule has 0 aliphatic heterocycles. The molecule has 1 amide bonds. The van der Waals surface area contributed by atoms with Gasteiger partial charge in [-0.1, -0.05) is 48.9 Å². The van der Waals surface area contributed by atoms with Crippen LogP contribution in [0.3, 0.4) is 0 Å². The molecule has 1 atom stereocenters. The predicted molar refractivity (Wildman–Crippen MR) is 159 cm³/mol. The number of hydrogen-bond acceptors (Lipinski definition) is 6. The second kappa shape index (κ2) is 12.4. The van der Waals surface area contributed by atoms with Crippen molar-refractivity contribution in [2.45, 2.75) is 25.8 Å². The number of methoxy groups -OCH3 is 1. The Labute approximate surface area is 236 Å². The van der Waals surface area contributed by atoms with Crippen molar-refractivity contribution in [3.63, 3.8) is 0 Å². The van der Waals surface area contributed by atoms with Crippen LogP contribution in [-0.4, -0.2) is 29.6 Å². The van der Waals surface area contributed by atoms with Gasteiger partial charge in [-0.15, -0.1) is 0 Å². The molecule has 3 aromatic carbocycles. The van der Waals surface area contributed by atoms with E-state index in [-0.39, 0.29) is 18.6 Å². The maximum Gasteiger partial charge on any atom is 0.252 e. The molecule has 9 heteroatoms. The third-order valence-electron chi connectivity index (χ3n) is 6.58. The summed E-state index contributed by atoms with van der Waals surface area (Å²) in [5.74, 6) is -0.239. The number of pyridine rings is 1. The first-order valence-electron chi connectivity index (χ1n) is 12.6. The molecule has 40 heavy (non-hydrogen) atoms. The van der Waals surface area contributed by atoms with E-state index in [1.54, 1.807) is 43.3 Å². The third kappa shape index (κ3) is 6.13. The van der Waals surface area contributed by atoms with Crippen LogP contribution in [0.1, 0.15) is 40.9 Å². The molecule has 0 radical (unpaired) electrons. The van der Waals surface area contributed by atoms with Crippen molar-refractivity contribution < 1.29 is 14.3 Å². The summed E-state index contributed by atoms with van der Waals surface area (Å²) < 4.78 is 6.98. The monoisotopic (exact) mass is 556 g/mol. The average Bonchev–Trinajstić information content (AvgIpc) is 2.96. The summed E-state index contributed by atoms with van der Waals surface area (Å²) in [6.07, 6.45) is 3.11. The molecule has 204 valence electrons. The number of hydrogen-bond donors (Lipinski definition) is 3. The van der Waals surface area contributed by atoms with E-state index >= 15 is 0 Å². The first-order chi connectivity index (χ1) is 19.2. The fourth-order valence-corrected chi connectivity index (χ4v) is 4.65. The van der Waals surface area contributed by atoms with Crippen LogP contribution in [0.5, 0.6) is 5.75 Å². The number of ketones is 1. The van der Waals surface area contributed by atoms with Gasteiger partial charge in [-0.2, -0.15) is 0 Å². The zero-order chi connectivity index (χ0) is 28.8. The topological polar surface area (TPSA) is 127 Å². The number of aromatic nitrogens is 1. The third-order valence-corrected chi connectivity index (χ3v) is 6.81. The van der Waals surface area contributed by atoms with Crippen LogP contribution in [0.4, 0.5) is 11.4 Å². The van der Waals surface area contributed by atoms with Crippen molar-refractivity contribution in [3.05, 3.63) is 111 Å². The van der Waals surface area contributed by atoms with Gasteiger partial charge in [0.05, 0.1) is 13.3 Å². The van der Waals surface area contributed by atoms with Crippen LogP contribution in [0.2, 0.25) is 5.02 Å². The number of nitrogens with zero attached hydrogens (tertiary/aromatic N) is 1. The zero-order valence-corrected chi connectivity index (χ0v) is 22.9. The fourth-order valence-electron chi connectivity index (χ4n) is 4.48. The van der Waals surface area contributed by atoms with Crippen LogP contribution >= 0.6 is 11.6 Å². The maximum absolute atomic E-state index is 13.7. The van der Waals surface area contributed by atoms with E-state index in [0.29, 0.717) is 44.4 Å². The minimum absolute atomic E-state index is 0.104. The van der Waals surface area contributed by atoms with Crippen molar-refractivity contribution >= 4 is 40.9 Å². The zero-order valence-electron chi connectivity index (χ0n) is 22.1. The van der Waals surface area contributed by atoms with Crippen LogP contribution in [0, 0.1) is 5.41 Å². The first kappa shape index (κ1) is 28.3. The normalized spacial score (nSPS) is 11.5. The SMILES string of the molecule is CCC(=O)c1ccc(Cl)cc1-c1cc(=O)n(C(Cc2ccccc2)C(=O)Nc2ccc(C=N)c(N)c2)cc1OC. The van der Waals surface area contributed by atoms with Gasteiger partial charge in [-0.3, -0.25) is 19.0 Å². The lowest BCUT2D eigenvalue weighted by atomic mass is 9.95. The Hall–Kier alpha value is -4.69. The van der Waals surface area contributed by atoms with E-state index in [9.17, 15) is 14.4 Å². The van der Waals surface area contributed by atoms with Crippen molar-refractivity contribution in [3.8, 4) is 16.9 Å². The summed E-state index contributed by atoms with van der Waals surface area (Å²) >= 11 is 6.26. The van der Waals surface area contributed by atoms with Gasteiger partial charge in [-0.25, -0.2) is 0 Å². The highest BCUT2D eigenvalue weighted by atomic mass is 35.5. The van der Waals surface area contributed by atoms with E-state index in [4.69, 9.17) is 27.5 Å².